The van der Waals surface area contributed by atoms with Gasteiger partial charge in [0.1, 0.15) is 11.3 Å². The van der Waals surface area contributed by atoms with Crippen molar-refractivity contribution in [3.63, 3.8) is 0 Å². The molecule has 1 atom stereocenters. The number of aromatic amines is 1. The maximum atomic E-state index is 5.69. The Kier molecular flexibility index (Phi) is 4.25. The summed E-state index contributed by atoms with van der Waals surface area (Å²) in [5.41, 5.74) is 8.28. The van der Waals surface area contributed by atoms with Gasteiger partial charge >= 0.3 is 0 Å². The number of hydrogen-bond acceptors (Lipinski definition) is 3. The molecule has 154 valence electrons. The first-order valence-electron chi connectivity index (χ1n) is 10.7. The lowest BCUT2D eigenvalue weighted by molar-refractivity contribution is -0.690. The van der Waals surface area contributed by atoms with Crippen molar-refractivity contribution in [1.82, 2.24) is 20.0 Å². The molecule has 0 fully saturated rings. The Bertz CT molecular complexity index is 1400. The highest BCUT2D eigenvalue weighted by molar-refractivity contribution is 5.85. The largest absolute Gasteiger partial charge is 0.496 e. The van der Waals surface area contributed by atoms with E-state index in [0.29, 0.717) is 6.54 Å². The van der Waals surface area contributed by atoms with Gasteiger partial charge in [-0.15, -0.1) is 5.10 Å². The topological polar surface area (TPSA) is 72.3 Å². The van der Waals surface area contributed by atoms with E-state index < -0.39 is 0 Å². The number of aromatic nitrogens is 4. The summed E-state index contributed by atoms with van der Waals surface area (Å²) in [5, 5.41) is 12.4. The number of benzene rings is 3. The summed E-state index contributed by atoms with van der Waals surface area (Å²) in [7, 11) is 1.72. The first-order valence-corrected chi connectivity index (χ1v) is 10.7. The lowest BCUT2D eigenvalue weighted by Gasteiger charge is -2.22. The Labute approximate surface area is 179 Å². The van der Waals surface area contributed by atoms with Crippen LogP contribution in [0.25, 0.3) is 21.9 Å². The van der Waals surface area contributed by atoms with Gasteiger partial charge in [-0.2, -0.15) is 0 Å². The van der Waals surface area contributed by atoms with E-state index >= 15 is 0 Å². The number of hydrogen-bond donors (Lipinski definition) is 2. The highest BCUT2D eigenvalue weighted by atomic mass is 16.5. The van der Waals surface area contributed by atoms with Crippen LogP contribution in [0.2, 0.25) is 0 Å². The summed E-state index contributed by atoms with van der Waals surface area (Å²) < 4.78 is 7.63. The maximum absolute atomic E-state index is 5.69. The third-order valence-corrected chi connectivity index (χ3v) is 6.36. The van der Waals surface area contributed by atoms with Gasteiger partial charge in [-0.3, -0.25) is 0 Å². The molecule has 1 aliphatic rings. The van der Waals surface area contributed by atoms with Gasteiger partial charge in [-0.1, -0.05) is 35.5 Å². The molecule has 0 unspecified atom stereocenters. The first kappa shape index (κ1) is 18.2. The molecule has 6 heteroatoms. The quantitative estimate of drug-likeness (QED) is 0.478. The molecule has 1 aliphatic heterocycles. The standard InChI is InChI=1S/C25H23N5O/c1-31-23-11-10-16(14-17(23)15-30-22-9-5-4-8-21(22)28-29-30)24-25-19(12-13-26-24)18-6-2-3-7-20(18)27-25/h2-11,14,24,26-27H,12-13,15H2,1H3/p+1/t24-/m1/s1. The van der Waals surface area contributed by atoms with Gasteiger partial charge in [-0.05, 0) is 42.0 Å². The third kappa shape index (κ3) is 2.99. The fourth-order valence-corrected chi connectivity index (χ4v) is 4.88. The predicted molar refractivity (Wildman–Crippen MR) is 120 cm³/mol. The molecule has 0 saturated carbocycles. The van der Waals surface area contributed by atoms with Gasteiger partial charge in [0.05, 0.1) is 31.4 Å². The molecule has 0 amide bonds. The van der Waals surface area contributed by atoms with Crippen molar-refractivity contribution in [1.29, 1.82) is 0 Å². The van der Waals surface area contributed by atoms with Gasteiger partial charge in [0.2, 0.25) is 0 Å². The highest BCUT2D eigenvalue weighted by Gasteiger charge is 2.29. The van der Waals surface area contributed by atoms with Crippen LogP contribution in [0.4, 0.5) is 0 Å². The van der Waals surface area contributed by atoms with E-state index in [2.05, 4.69) is 69.1 Å². The van der Waals surface area contributed by atoms with E-state index in [1.165, 1.54) is 27.7 Å². The van der Waals surface area contributed by atoms with Gasteiger partial charge in [0.25, 0.3) is 0 Å². The van der Waals surface area contributed by atoms with Crippen molar-refractivity contribution >= 4 is 21.9 Å². The predicted octanol–water partition coefficient (Wildman–Crippen LogP) is 3.18. The molecule has 3 aromatic carbocycles. The number of quaternary nitrogens is 1. The van der Waals surface area contributed by atoms with E-state index in [9.17, 15) is 0 Å². The molecule has 2 aromatic heterocycles. The van der Waals surface area contributed by atoms with Crippen LogP contribution in [0.15, 0.2) is 66.7 Å². The molecule has 5 aromatic rings. The average Bonchev–Trinajstić information content (AvgIpc) is 3.40. The normalized spacial score (nSPS) is 16.0. The van der Waals surface area contributed by atoms with Crippen molar-refractivity contribution < 1.29 is 10.1 Å². The summed E-state index contributed by atoms with van der Waals surface area (Å²) >= 11 is 0. The number of ether oxygens (including phenoxy) is 1. The molecule has 0 saturated heterocycles. The van der Waals surface area contributed by atoms with E-state index in [0.717, 1.165) is 35.3 Å². The lowest BCUT2D eigenvalue weighted by Crippen LogP contribution is -2.87. The lowest BCUT2D eigenvalue weighted by atomic mass is 9.93. The van der Waals surface area contributed by atoms with Crippen LogP contribution >= 0.6 is 0 Å². The summed E-state index contributed by atoms with van der Waals surface area (Å²) in [5.74, 6) is 0.871. The van der Waals surface area contributed by atoms with E-state index in [4.69, 9.17) is 4.74 Å². The van der Waals surface area contributed by atoms with Crippen LogP contribution in [0.3, 0.4) is 0 Å². The molecule has 0 spiro atoms. The number of nitrogens with two attached hydrogens (primary N) is 1. The highest BCUT2D eigenvalue weighted by Crippen LogP contribution is 2.32. The number of rotatable bonds is 4. The zero-order valence-corrected chi connectivity index (χ0v) is 17.4. The van der Waals surface area contributed by atoms with Crippen molar-refractivity contribution in [2.75, 3.05) is 13.7 Å². The molecule has 0 bridgehead atoms. The molecular weight excluding hydrogens is 386 g/mol. The Morgan fingerprint density at radius 2 is 1.97 bits per heavy atom. The Morgan fingerprint density at radius 3 is 2.90 bits per heavy atom. The minimum atomic E-state index is 0.244. The zero-order chi connectivity index (χ0) is 20.8. The first-order chi connectivity index (χ1) is 15.3. The number of methoxy groups -OCH3 is 1. The van der Waals surface area contributed by atoms with Crippen LogP contribution in [0.1, 0.15) is 28.4 Å². The van der Waals surface area contributed by atoms with Gasteiger partial charge < -0.3 is 15.0 Å². The van der Waals surface area contributed by atoms with Gasteiger partial charge in [-0.25, -0.2) is 4.68 Å². The third-order valence-electron chi connectivity index (χ3n) is 6.36. The van der Waals surface area contributed by atoms with E-state index in [1.807, 2.05) is 22.9 Å². The second-order valence-electron chi connectivity index (χ2n) is 8.12. The second-order valence-corrected chi connectivity index (χ2v) is 8.12. The zero-order valence-electron chi connectivity index (χ0n) is 17.4. The molecular formula is C25H24N5O+. The Morgan fingerprint density at radius 1 is 1.10 bits per heavy atom. The van der Waals surface area contributed by atoms with Crippen LogP contribution in [-0.4, -0.2) is 33.6 Å². The number of H-pyrrole nitrogens is 1. The molecule has 6 nitrogen and oxygen atoms in total. The van der Waals surface area contributed by atoms with Crippen LogP contribution < -0.4 is 10.1 Å². The molecule has 3 N–H and O–H groups in total. The molecule has 0 radical (unpaired) electrons. The van der Waals surface area contributed by atoms with Crippen molar-refractivity contribution in [3.05, 3.63) is 89.1 Å². The molecule has 6 rings (SSSR count). The van der Waals surface area contributed by atoms with Gasteiger partial charge in [0, 0.05) is 28.5 Å². The summed E-state index contributed by atoms with van der Waals surface area (Å²) in [6.07, 6.45) is 1.09. The van der Waals surface area contributed by atoms with Crippen molar-refractivity contribution in [2.24, 2.45) is 0 Å². The number of fused-ring (bicyclic) bond motifs is 4. The van der Waals surface area contributed by atoms with Crippen LogP contribution in [0.5, 0.6) is 5.75 Å². The van der Waals surface area contributed by atoms with Gasteiger partial charge in [0.15, 0.2) is 6.04 Å². The van der Waals surface area contributed by atoms with E-state index in [-0.39, 0.29) is 6.04 Å². The fraction of sp³-hybridized carbons (Fsp3) is 0.200. The second kappa shape index (κ2) is 7.25. The summed E-state index contributed by atoms with van der Waals surface area (Å²) in [4.78, 5) is 3.69. The molecule has 3 heterocycles. The number of nitrogens with zero attached hydrogens (tertiary/aromatic N) is 3. The van der Waals surface area contributed by atoms with Crippen LogP contribution in [-0.2, 0) is 13.0 Å². The SMILES string of the molecule is COc1ccc([C@H]2[NH2+]CCc3c2[nH]c2ccccc32)cc1Cn1nnc2ccccc21. The smallest absolute Gasteiger partial charge is 0.153 e. The molecule has 0 aliphatic carbocycles. The fourth-order valence-electron chi connectivity index (χ4n) is 4.88. The number of para-hydroxylation sites is 2. The summed E-state index contributed by atoms with van der Waals surface area (Å²) in [6.45, 7) is 1.69. The number of nitrogens with one attached hydrogen (secondary N) is 1. The Hall–Kier alpha value is -3.64. The average molecular weight is 411 g/mol. The summed E-state index contributed by atoms with van der Waals surface area (Å²) in [6, 6.07) is 23.4. The monoisotopic (exact) mass is 410 g/mol. The molecule has 31 heavy (non-hydrogen) atoms. The van der Waals surface area contributed by atoms with Crippen molar-refractivity contribution in [3.8, 4) is 5.75 Å². The van der Waals surface area contributed by atoms with Crippen molar-refractivity contribution in [2.45, 2.75) is 19.0 Å². The minimum absolute atomic E-state index is 0.244. The van der Waals surface area contributed by atoms with E-state index in [1.54, 1.807) is 7.11 Å². The maximum Gasteiger partial charge on any atom is 0.153 e. The minimum Gasteiger partial charge on any atom is -0.496 e. The Balaban J connectivity index is 1.42. The van der Waals surface area contributed by atoms with Crippen LogP contribution in [0, 0.1) is 0 Å².